The molecule has 11 nitrogen and oxygen atoms in total. The molecule has 0 aromatic heterocycles. The van der Waals surface area contributed by atoms with Crippen LogP contribution in [-0.4, -0.2) is 38.5 Å². The van der Waals surface area contributed by atoms with Crippen LogP contribution in [0.2, 0.25) is 0 Å². The van der Waals surface area contributed by atoms with E-state index in [9.17, 15) is 18.0 Å². The van der Waals surface area contributed by atoms with Crippen LogP contribution in [0.4, 0.5) is 9.59 Å². The van der Waals surface area contributed by atoms with Crippen molar-refractivity contribution in [1.82, 2.24) is 0 Å². The summed E-state index contributed by atoms with van der Waals surface area (Å²) in [5, 5.41) is 8.77. The van der Waals surface area contributed by atoms with Crippen molar-refractivity contribution in [2.24, 2.45) is 4.52 Å². The summed E-state index contributed by atoms with van der Waals surface area (Å²) in [5.74, 6) is 0. The maximum absolute atomic E-state index is 11.6. The van der Waals surface area contributed by atoms with Gasteiger partial charge in [0, 0.05) is 9.43 Å². The van der Waals surface area contributed by atoms with E-state index in [1.54, 1.807) is 0 Å². The molecule has 0 spiro atoms. The monoisotopic (exact) mass is 343 g/mol. The molecule has 122 valence electrons. The number of sulfonamides is 1. The Morgan fingerprint density at radius 3 is 2.57 bits per heavy atom. The fourth-order valence-corrected chi connectivity index (χ4v) is 2.55. The molecule has 1 aromatic carbocycles. The third-order valence-corrected chi connectivity index (χ3v) is 3.98. The van der Waals surface area contributed by atoms with Gasteiger partial charge in [0.1, 0.15) is 6.61 Å². The van der Waals surface area contributed by atoms with E-state index < -0.39 is 34.5 Å². The molecule has 2 unspecified atom stereocenters. The topological polar surface area (TPSA) is 165 Å². The summed E-state index contributed by atoms with van der Waals surface area (Å²) in [6.45, 7) is -0.213. The van der Waals surface area contributed by atoms with Gasteiger partial charge in [0.2, 0.25) is 0 Å². The van der Waals surface area contributed by atoms with E-state index in [0.717, 1.165) is 12.1 Å². The standard InChI is InChI=1S/C11H9N3O8S/c12-13-14-23(18,19)7-3-1-6(2-4-7)9(22-10(15)16)8-5-20-11(17)21-8/h1-4,8-9H,5H2,(H,15,16). The van der Waals surface area contributed by atoms with Gasteiger partial charge in [0.15, 0.2) is 12.2 Å². The maximum Gasteiger partial charge on any atom is 0.508 e. The Morgan fingerprint density at radius 1 is 1.43 bits per heavy atom. The lowest BCUT2D eigenvalue weighted by atomic mass is 10.0. The summed E-state index contributed by atoms with van der Waals surface area (Å²) in [4.78, 5) is 23.7. The van der Waals surface area contributed by atoms with Crippen molar-refractivity contribution in [2.75, 3.05) is 6.61 Å². The van der Waals surface area contributed by atoms with Crippen LogP contribution in [0, 0.1) is 0 Å². The normalized spacial score (nSPS) is 18.3. The summed E-state index contributed by atoms with van der Waals surface area (Å²) < 4.78 is 39.8. The number of azide groups is 1. The fraction of sp³-hybridized carbons (Fsp3) is 0.273. The van der Waals surface area contributed by atoms with Crippen molar-refractivity contribution in [3.05, 3.63) is 40.3 Å². The van der Waals surface area contributed by atoms with Crippen molar-refractivity contribution < 1.29 is 37.3 Å². The number of carbonyl (C=O) groups excluding carboxylic acids is 1. The SMILES string of the molecule is [N-]=[N+]=NS(=O)(=O)c1ccc(C(OC(=O)O)C2COC(=O)O2)cc1. The number of carboxylic acid groups (broad SMARTS) is 1. The molecule has 1 N–H and O–H groups in total. The molecule has 0 bridgehead atoms. The summed E-state index contributed by atoms with van der Waals surface area (Å²) in [6.07, 6.45) is -4.77. The first-order valence-electron chi connectivity index (χ1n) is 5.98. The second-order valence-electron chi connectivity index (χ2n) is 4.24. The van der Waals surface area contributed by atoms with Gasteiger partial charge < -0.3 is 19.3 Å². The first-order valence-corrected chi connectivity index (χ1v) is 7.42. The van der Waals surface area contributed by atoms with E-state index in [1.807, 2.05) is 0 Å². The highest BCUT2D eigenvalue weighted by Gasteiger charge is 2.36. The van der Waals surface area contributed by atoms with E-state index in [-0.39, 0.29) is 17.1 Å². The molecule has 0 radical (unpaired) electrons. The maximum atomic E-state index is 11.6. The molecule has 0 amide bonds. The zero-order valence-electron chi connectivity index (χ0n) is 11.2. The Hall–Kier alpha value is -2.98. The molecule has 0 saturated carbocycles. The Bertz CT molecular complexity index is 769. The molecule has 23 heavy (non-hydrogen) atoms. The van der Waals surface area contributed by atoms with Gasteiger partial charge in [-0.3, -0.25) is 0 Å². The quantitative estimate of drug-likeness (QED) is 0.366. The van der Waals surface area contributed by atoms with E-state index in [4.69, 9.17) is 15.4 Å². The lowest BCUT2D eigenvalue weighted by molar-refractivity contribution is -0.00991. The third-order valence-electron chi connectivity index (χ3n) is 2.83. The van der Waals surface area contributed by atoms with Crippen LogP contribution in [0.15, 0.2) is 33.7 Å². The first kappa shape index (κ1) is 16.4. The molecule has 1 fully saturated rings. The van der Waals surface area contributed by atoms with Gasteiger partial charge in [-0.25, -0.2) is 18.0 Å². The molecule has 1 aromatic rings. The summed E-state index contributed by atoms with van der Waals surface area (Å²) in [7, 11) is -4.16. The molecule has 1 heterocycles. The number of cyclic esters (lactones) is 2. The van der Waals surface area contributed by atoms with Gasteiger partial charge in [0.05, 0.1) is 4.90 Å². The van der Waals surface area contributed by atoms with Crippen molar-refractivity contribution in [1.29, 1.82) is 0 Å². The van der Waals surface area contributed by atoms with Crippen molar-refractivity contribution in [2.45, 2.75) is 17.1 Å². The smallest absolute Gasteiger partial charge is 0.450 e. The van der Waals surface area contributed by atoms with Crippen molar-refractivity contribution >= 4 is 22.3 Å². The van der Waals surface area contributed by atoms with Gasteiger partial charge in [-0.15, -0.1) is 0 Å². The van der Waals surface area contributed by atoms with Crippen LogP contribution < -0.4 is 0 Å². The molecule has 1 aliphatic rings. The van der Waals surface area contributed by atoms with E-state index in [0.29, 0.717) is 0 Å². The minimum atomic E-state index is -4.16. The average Bonchev–Trinajstić information content (AvgIpc) is 2.91. The second kappa shape index (κ2) is 6.42. The van der Waals surface area contributed by atoms with Crippen LogP contribution in [0.25, 0.3) is 10.4 Å². The van der Waals surface area contributed by atoms with Gasteiger partial charge in [-0.1, -0.05) is 12.1 Å². The Labute approximate surface area is 129 Å². The number of carbonyl (C=O) groups is 2. The Kier molecular flexibility index (Phi) is 4.57. The van der Waals surface area contributed by atoms with Crippen LogP contribution in [0.1, 0.15) is 11.7 Å². The second-order valence-corrected chi connectivity index (χ2v) is 5.82. The number of benzene rings is 1. The molecular weight excluding hydrogens is 334 g/mol. The average molecular weight is 343 g/mol. The summed E-state index contributed by atoms with van der Waals surface area (Å²) >= 11 is 0. The van der Waals surface area contributed by atoms with Crippen LogP contribution in [0.5, 0.6) is 0 Å². The number of hydrogen-bond donors (Lipinski definition) is 1. The largest absolute Gasteiger partial charge is 0.508 e. The van der Waals surface area contributed by atoms with E-state index >= 15 is 0 Å². The number of nitrogens with zero attached hydrogens (tertiary/aromatic N) is 3. The highest BCUT2D eigenvalue weighted by atomic mass is 32.2. The van der Waals surface area contributed by atoms with E-state index in [1.165, 1.54) is 12.1 Å². The lowest BCUT2D eigenvalue weighted by Crippen LogP contribution is -2.25. The Balaban J connectivity index is 2.31. The molecule has 1 aliphatic heterocycles. The van der Waals surface area contributed by atoms with Crippen molar-refractivity contribution in [3.63, 3.8) is 0 Å². The van der Waals surface area contributed by atoms with Crippen molar-refractivity contribution in [3.8, 4) is 0 Å². The highest BCUT2D eigenvalue weighted by molar-refractivity contribution is 7.90. The van der Waals surface area contributed by atoms with Crippen LogP contribution >= 0.6 is 0 Å². The van der Waals surface area contributed by atoms with Gasteiger partial charge in [-0.05, 0) is 23.2 Å². The van der Waals surface area contributed by atoms with Crippen LogP contribution in [0.3, 0.4) is 0 Å². The lowest BCUT2D eigenvalue weighted by Gasteiger charge is -2.20. The molecule has 2 rings (SSSR count). The van der Waals surface area contributed by atoms with E-state index in [2.05, 4.69) is 18.9 Å². The highest BCUT2D eigenvalue weighted by Crippen LogP contribution is 2.28. The molecule has 12 heteroatoms. The minimum absolute atomic E-state index is 0.213. The van der Waals surface area contributed by atoms with Gasteiger partial charge in [-0.2, -0.15) is 0 Å². The molecule has 1 saturated heterocycles. The molecular formula is C11H9N3O8S. The number of ether oxygens (including phenoxy) is 3. The number of rotatable bonds is 5. The van der Waals surface area contributed by atoms with Gasteiger partial charge in [0.25, 0.3) is 10.0 Å². The van der Waals surface area contributed by atoms with Gasteiger partial charge >= 0.3 is 12.3 Å². The predicted molar refractivity (Wildman–Crippen MR) is 70.8 cm³/mol. The number of hydrogen-bond acceptors (Lipinski definition) is 7. The zero-order chi connectivity index (χ0) is 17.0. The minimum Gasteiger partial charge on any atom is -0.450 e. The first-order chi connectivity index (χ1) is 10.8. The Morgan fingerprint density at radius 2 is 2.09 bits per heavy atom. The summed E-state index contributed by atoms with van der Waals surface area (Å²) in [5.41, 5.74) is 8.44. The fourth-order valence-electron chi connectivity index (χ4n) is 1.88. The summed E-state index contributed by atoms with van der Waals surface area (Å²) in [6, 6.07) is 4.71. The molecule has 2 atom stereocenters. The third kappa shape index (κ3) is 3.81. The van der Waals surface area contributed by atoms with Crippen LogP contribution in [-0.2, 0) is 24.2 Å². The molecule has 0 aliphatic carbocycles. The zero-order valence-corrected chi connectivity index (χ0v) is 12.0. The predicted octanol–water partition coefficient (Wildman–Crippen LogP) is 1.96.